The van der Waals surface area contributed by atoms with Crippen LogP contribution in [0.2, 0.25) is 0 Å². The van der Waals surface area contributed by atoms with Crippen LogP contribution in [-0.4, -0.2) is 36.3 Å². The Labute approximate surface area is 132 Å². The van der Waals surface area contributed by atoms with Crippen molar-refractivity contribution >= 4 is 11.6 Å². The predicted molar refractivity (Wildman–Crippen MR) is 80.5 cm³/mol. The first-order valence-corrected chi connectivity index (χ1v) is 6.79. The highest BCUT2D eigenvalue weighted by Gasteiger charge is 2.15. The fourth-order valence-electron chi connectivity index (χ4n) is 2.09. The molecule has 0 fully saturated rings. The van der Waals surface area contributed by atoms with Gasteiger partial charge in [0.05, 0.1) is 26.1 Å². The molecule has 0 saturated carbocycles. The van der Waals surface area contributed by atoms with Gasteiger partial charge in [-0.3, -0.25) is 9.48 Å². The monoisotopic (exact) mass is 325 g/mol. The number of benzene rings is 1. The molecular weight excluding hydrogens is 308 g/mol. The smallest absolute Gasteiger partial charge is 0.257 e. The number of hydrogen-bond acceptors (Lipinski definition) is 4. The zero-order valence-electron chi connectivity index (χ0n) is 13.0. The summed E-state index contributed by atoms with van der Waals surface area (Å²) in [6.07, 6.45) is 0.138. The minimum absolute atomic E-state index is 0.325. The van der Waals surface area contributed by atoms with Crippen LogP contribution in [0.1, 0.15) is 15.9 Å². The Morgan fingerprint density at radius 1 is 1.30 bits per heavy atom. The van der Waals surface area contributed by atoms with Crippen molar-refractivity contribution in [3.63, 3.8) is 0 Å². The molecule has 6 nitrogen and oxygen atoms in total. The summed E-state index contributed by atoms with van der Waals surface area (Å²) in [6, 6.07) is 3.16. The Kier molecular flexibility index (Phi) is 5.15. The van der Waals surface area contributed by atoms with Gasteiger partial charge in [0.15, 0.2) is 0 Å². The van der Waals surface area contributed by atoms with Crippen molar-refractivity contribution < 1.29 is 23.0 Å². The average Bonchev–Trinajstić information content (AvgIpc) is 2.93. The van der Waals surface area contributed by atoms with Gasteiger partial charge in [-0.1, -0.05) is 0 Å². The van der Waals surface area contributed by atoms with Crippen LogP contribution in [0.25, 0.3) is 0 Å². The molecule has 2 aromatic rings. The molecule has 0 aliphatic heterocycles. The fraction of sp³-hybridized carbons (Fsp3) is 0.333. The number of nitrogens with one attached hydrogen (secondary N) is 1. The molecule has 23 heavy (non-hydrogen) atoms. The second-order valence-electron chi connectivity index (χ2n) is 4.80. The van der Waals surface area contributed by atoms with E-state index in [2.05, 4.69) is 10.4 Å². The van der Waals surface area contributed by atoms with Crippen LogP contribution in [0.3, 0.4) is 0 Å². The van der Waals surface area contributed by atoms with Crippen LogP contribution in [0.4, 0.5) is 14.5 Å². The number of hydrogen-bond donors (Lipinski definition) is 1. The second-order valence-corrected chi connectivity index (χ2v) is 4.80. The lowest BCUT2D eigenvalue weighted by Crippen LogP contribution is -2.12. The molecule has 1 N–H and O–H groups in total. The van der Waals surface area contributed by atoms with Crippen LogP contribution in [0, 0.1) is 6.92 Å². The topological polar surface area (TPSA) is 65.4 Å². The van der Waals surface area contributed by atoms with Gasteiger partial charge >= 0.3 is 0 Å². The summed E-state index contributed by atoms with van der Waals surface area (Å²) in [6.45, 7) is 1.29. The zero-order chi connectivity index (χ0) is 17.0. The standard InChI is InChI=1S/C15H17F2N3O3/c1-9-12(22-2)4-10(5-13(9)23-3)15(21)19-11-6-18-20(7-11)8-14(16)17/h4-7,14H,8H2,1-3H3,(H,19,21). The number of amides is 1. The number of aromatic nitrogens is 2. The molecular formula is C15H17F2N3O3. The van der Waals surface area contributed by atoms with Gasteiger partial charge in [0.2, 0.25) is 0 Å². The summed E-state index contributed by atoms with van der Waals surface area (Å²) in [7, 11) is 3.00. The molecule has 0 radical (unpaired) electrons. The Bertz CT molecular complexity index is 676. The Morgan fingerprint density at radius 2 is 1.91 bits per heavy atom. The molecule has 1 aromatic carbocycles. The normalized spacial score (nSPS) is 10.7. The second kappa shape index (κ2) is 7.08. The number of anilines is 1. The minimum atomic E-state index is -2.51. The molecule has 0 aliphatic rings. The molecule has 124 valence electrons. The predicted octanol–water partition coefficient (Wildman–Crippen LogP) is 2.73. The molecule has 0 atom stereocenters. The van der Waals surface area contributed by atoms with Gasteiger partial charge in [0.25, 0.3) is 12.3 Å². The van der Waals surface area contributed by atoms with Crippen molar-refractivity contribution in [1.29, 1.82) is 0 Å². The molecule has 0 aliphatic carbocycles. The van der Waals surface area contributed by atoms with Gasteiger partial charge in [-0.15, -0.1) is 0 Å². The zero-order valence-corrected chi connectivity index (χ0v) is 13.0. The SMILES string of the molecule is COc1cc(C(=O)Nc2cnn(CC(F)F)c2)cc(OC)c1C. The van der Waals surface area contributed by atoms with E-state index in [-0.39, 0.29) is 0 Å². The van der Waals surface area contributed by atoms with Crippen molar-refractivity contribution in [2.24, 2.45) is 0 Å². The summed E-state index contributed by atoms with van der Waals surface area (Å²) in [5.74, 6) is 0.615. The average molecular weight is 325 g/mol. The Balaban J connectivity index is 2.19. The number of carbonyl (C=O) groups is 1. The number of ether oxygens (including phenoxy) is 2. The lowest BCUT2D eigenvalue weighted by atomic mass is 10.1. The van der Waals surface area contributed by atoms with Crippen LogP contribution in [0.15, 0.2) is 24.5 Å². The van der Waals surface area contributed by atoms with Gasteiger partial charge in [-0.05, 0) is 19.1 Å². The third kappa shape index (κ3) is 3.97. The molecule has 0 saturated heterocycles. The first-order chi connectivity index (χ1) is 10.9. The van der Waals surface area contributed by atoms with E-state index in [0.717, 1.165) is 10.2 Å². The summed E-state index contributed by atoms with van der Waals surface area (Å²) >= 11 is 0. The van der Waals surface area contributed by atoms with Crippen LogP contribution < -0.4 is 14.8 Å². The highest BCUT2D eigenvalue weighted by atomic mass is 19.3. The molecule has 0 unspecified atom stereocenters. The van der Waals surface area contributed by atoms with Gasteiger partial charge in [-0.25, -0.2) is 8.78 Å². The number of carbonyl (C=O) groups excluding carboxylic acids is 1. The Hall–Kier alpha value is -2.64. The van der Waals surface area contributed by atoms with E-state index in [4.69, 9.17) is 9.47 Å². The van der Waals surface area contributed by atoms with E-state index in [1.807, 2.05) is 6.92 Å². The first-order valence-electron chi connectivity index (χ1n) is 6.79. The van der Waals surface area contributed by atoms with E-state index in [1.54, 1.807) is 12.1 Å². The minimum Gasteiger partial charge on any atom is -0.496 e. The molecule has 1 amide bonds. The van der Waals surface area contributed by atoms with Crippen molar-refractivity contribution in [2.45, 2.75) is 19.9 Å². The summed E-state index contributed by atoms with van der Waals surface area (Å²) in [5.41, 5.74) is 1.43. The van der Waals surface area contributed by atoms with Gasteiger partial charge in [0, 0.05) is 17.3 Å². The molecule has 8 heteroatoms. The maximum Gasteiger partial charge on any atom is 0.257 e. The quantitative estimate of drug-likeness (QED) is 0.887. The van der Waals surface area contributed by atoms with Crippen LogP contribution in [-0.2, 0) is 6.54 Å². The maximum absolute atomic E-state index is 12.3. The van der Waals surface area contributed by atoms with Gasteiger partial charge in [0.1, 0.15) is 18.0 Å². The van der Waals surface area contributed by atoms with E-state index in [1.165, 1.54) is 26.6 Å². The molecule has 0 bridgehead atoms. The third-order valence-electron chi connectivity index (χ3n) is 3.23. The number of halogens is 2. The molecule has 1 heterocycles. The summed E-state index contributed by atoms with van der Waals surface area (Å²) in [5, 5.41) is 6.35. The largest absolute Gasteiger partial charge is 0.496 e. The lowest BCUT2D eigenvalue weighted by molar-refractivity contribution is 0.102. The molecule has 0 spiro atoms. The number of nitrogens with zero attached hydrogens (tertiary/aromatic N) is 2. The highest BCUT2D eigenvalue weighted by molar-refractivity contribution is 6.04. The van der Waals surface area contributed by atoms with Crippen molar-refractivity contribution in [1.82, 2.24) is 9.78 Å². The van der Waals surface area contributed by atoms with Crippen LogP contribution >= 0.6 is 0 Å². The summed E-state index contributed by atoms with van der Waals surface area (Å²) in [4.78, 5) is 12.3. The van der Waals surface area contributed by atoms with Crippen molar-refractivity contribution in [2.75, 3.05) is 19.5 Å². The Morgan fingerprint density at radius 3 is 2.43 bits per heavy atom. The maximum atomic E-state index is 12.3. The van der Waals surface area contributed by atoms with E-state index < -0.39 is 18.9 Å². The van der Waals surface area contributed by atoms with Gasteiger partial charge in [-0.2, -0.15) is 5.10 Å². The van der Waals surface area contributed by atoms with Crippen molar-refractivity contribution in [3.05, 3.63) is 35.7 Å². The third-order valence-corrected chi connectivity index (χ3v) is 3.23. The lowest BCUT2D eigenvalue weighted by Gasteiger charge is -2.12. The van der Waals surface area contributed by atoms with E-state index >= 15 is 0 Å². The van der Waals surface area contributed by atoms with E-state index in [0.29, 0.717) is 22.7 Å². The van der Waals surface area contributed by atoms with Crippen LogP contribution in [0.5, 0.6) is 11.5 Å². The molecule has 1 aromatic heterocycles. The van der Waals surface area contributed by atoms with Crippen molar-refractivity contribution in [3.8, 4) is 11.5 Å². The van der Waals surface area contributed by atoms with E-state index in [9.17, 15) is 13.6 Å². The molecule has 2 rings (SSSR count). The highest BCUT2D eigenvalue weighted by Crippen LogP contribution is 2.29. The summed E-state index contributed by atoms with van der Waals surface area (Å²) < 4.78 is 36.1. The first kappa shape index (κ1) is 16.7. The number of alkyl halides is 2. The number of methoxy groups -OCH3 is 2. The number of rotatable bonds is 6. The fourth-order valence-corrected chi connectivity index (χ4v) is 2.09. The van der Waals surface area contributed by atoms with Gasteiger partial charge < -0.3 is 14.8 Å².